The Labute approximate surface area is 152 Å². The molecule has 2 aromatic carbocycles. The number of thioether (sulfide) groups is 1. The number of carbonyl (C=O) groups is 2. The minimum Gasteiger partial charge on any atom is -0.295 e. The second kappa shape index (κ2) is 5.93. The molecule has 4 rings (SSSR count). The van der Waals surface area contributed by atoms with Gasteiger partial charge in [-0.2, -0.15) is 0 Å². The van der Waals surface area contributed by atoms with E-state index >= 15 is 0 Å². The summed E-state index contributed by atoms with van der Waals surface area (Å²) < 4.78 is 0.996. The summed E-state index contributed by atoms with van der Waals surface area (Å²) in [4.78, 5) is 28.7. The second-order valence-corrected chi connectivity index (χ2v) is 7.98. The molecule has 0 N–H and O–H groups in total. The van der Waals surface area contributed by atoms with Crippen LogP contribution in [0.15, 0.2) is 53.0 Å². The van der Waals surface area contributed by atoms with Crippen molar-refractivity contribution in [1.29, 1.82) is 0 Å². The highest BCUT2D eigenvalue weighted by atomic mass is 79.9. The molecule has 0 unspecified atom stereocenters. The molecular weight excluding hydrogens is 388 g/mol. The highest BCUT2D eigenvalue weighted by molar-refractivity contribution is 9.10. The zero-order valence-corrected chi connectivity index (χ0v) is 15.4. The van der Waals surface area contributed by atoms with Crippen molar-refractivity contribution >= 4 is 45.3 Å². The number of carbonyl (C=O) groups excluding carboxylic acids is 2. The van der Waals surface area contributed by atoms with Gasteiger partial charge >= 0.3 is 6.03 Å². The van der Waals surface area contributed by atoms with Crippen LogP contribution in [0.25, 0.3) is 0 Å². The lowest BCUT2D eigenvalue weighted by molar-refractivity contribution is -0.119. The molecule has 6 heteroatoms. The predicted octanol–water partition coefficient (Wildman–Crippen LogP) is 4.34. The second-order valence-electron chi connectivity index (χ2n) is 5.95. The van der Waals surface area contributed by atoms with E-state index in [1.165, 1.54) is 4.90 Å². The minimum absolute atomic E-state index is 0.116. The van der Waals surface area contributed by atoms with Crippen LogP contribution in [0, 0.1) is 6.92 Å². The summed E-state index contributed by atoms with van der Waals surface area (Å²) in [6, 6.07) is 14.8. The minimum atomic E-state index is -0.377. The third kappa shape index (κ3) is 2.45. The highest BCUT2D eigenvalue weighted by Crippen LogP contribution is 2.46. The summed E-state index contributed by atoms with van der Waals surface area (Å²) in [5.41, 5.74) is 2.78. The maximum absolute atomic E-state index is 12.9. The molecule has 0 radical (unpaired) electrons. The van der Waals surface area contributed by atoms with Gasteiger partial charge in [-0.3, -0.25) is 9.69 Å². The molecule has 2 heterocycles. The molecule has 0 aromatic heterocycles. The van der Waals surface area contributed by atoms with Crippen LogP contribution in [0.2, 0.25) is 0 Å². The van der Waals surface area contributed by atoms with Crippen molar-refractivity contribution in [2.24, 2.45) is 0 Å². The van der Waals surface area contributed by atoms with Gasteiger partial charge in [0.2, 0.25) is 0 Å². The Balaban J connectivity index is 1.67. The maximum atomic E-state index is 12.9. The topological polar surface area (TPSA) is 40.6 Å². The molecule has 2 aromatic rings. The third-order valence-electron chi connectivity index (χ3n) is 4.37. The molecule has 2 atom stereocenters. The molecule has 0 bridgehead atoms. The van der Waals surface area contributed by atoms with Gasteiger partial charge in [0.15, 0.2) is 0 Å². The average Bonchev–Trinajstić information content (AvgIpc) is 3.11. The predicted molar refractivity (Wildman–Crippen MR) is 99.0 cm³/mol. The molecule has 4 nitrogen and oxygen atoms in total. The van der Waals surface area contributed by atoms with Gasteiger partial charge in [-0.05, 0) is 36.8 Å². The van der Waals surface area contributed by atoms with Gasteiger partial charge in [0, 0.05) is 10.2 Å². The summed E-state index contributed by atoms with van der Waals surface area (Å²) >= 11 is 5.07. The van der Waals surface area contributed by atoms with E-state index in [0.717, 1.165) is 15.6 Å². The number of halogens is 1. The number of anilines is 1. The third-order valence-corrected chi connectivity index (χ3v) is 6.22. The fourth-order valence-corrected chi connectivity index (χ4v) is 4.78. The van der Waals surface area contributed by atoms with E-state index in [2.05, 4.69) is 15.9 Å². The summed E-state index contributed by atoms with van der Waals surface area (Å²) in [7, 11) is 0. The van der Waals surface area contributed by atoms with E-state index in [-0.39, 0.29) is 23.4 Å². The number of hydrogen-bond acceptors (Lipinski definition) is 3. The van der Waals surface area contributed by atoms with Crippen LogP contribution in [-0.4, -0.2) is 28.6 Å². The highest BCUT2D eigenvalue weighted by Gasteiger charge is 2.53. The molecule has 2 aliphatic heterocycles. The van der Waals surface area contributed by atoms with Crippen molar-refractivity contribution in [2.45, 2.75) is 18.3 Å². The Kier molecular flexibility index (Phi) is 3.89. The summed E-state index contributed by atoms with van der Waals surface area (Å²) in [5, 5.41) is -0.116. The SMILES string of the molecule is Cc1ccc(N2C(=O)[C@@H]3CS[C@@H](c4ccc(Br)cc4)N3C2=O)cc1. The first kappa shape index (κ1) is 15.7. The zero-order valence-electron chi connectivity index (χ0n) is 13.0. The Morgan fingerprint density at radius 2 is 1.71 bits per heavy atom. The van der Waals surface area contributed by atoms with E-state index in [4.69, 9.17) is 0 Å². The van der Waals surface area contributed by atoms with E-state index in [1.54, 1.807) is 16.7 Å². The Hall–Kier alpha value is -1.79. The largest absolute Gasteiger partial charge is 0.333 e. The maximum Gasteiger partial charge on any atom is 0.333 e. The first-order chi connectivity index (χ1) is 11.6. The standard InChI is InChI=1S/C18H15BrN2O2S/c1-11-2-8-14(9-3-11)20-16(22)15-10-24-17(21(15)18(20)23)12-4-6-13(19)7-5-12/h2-9,15,17H,10H2,1H3/t15-,17-/m0/s1. The molecule has 24 heavy (non-hydrogen) atoms. The van der Waals surface area contributed by atoms with Gasteiger partial charge in [0.05, 0.1) is 5.69 Å². The van der Waals surface area contributed by atoms with Gasteiger partial charge in [-0.15, -0.1) is 11.8 Å². The smallest absolute Gasteiger partial charge is 0.295 e. The molecule has 0 aliphatic carbocycles. The van der Waals surface area contributed by atoms with Crippen LogP contribution in [0.5, 0.6) is 0 Å². The van der Waals surface area contributed by atoms with Crippen molar-refractivity contribution in [1.82, 2.24) is 4.90 Å². The molecule has 2 aliphatic rings. The number of urea groups is 1. The first-order valence-corrected chi connectivity index (χ1v) is 9.50. The van der Waals surface area contributed by atoms with Crippen molar-refractivity contribution in [3.63, 3.8) is 0 Å². The van der Waals surface area contributed by atoms with Gasteiger partial charge in [0.1, 0.15) is 11.4 Å². The van der Waals surface area contributed by atoms with Crippen LogP contribution in [0.3, 0.4) is 0 Å². The van der Waals surface area contributed by atoms with Crippen LogP contribution in [-0.2, 0) is 4.79 Å². The van der Waals surface area contributed by atoms with Crippen LogP contribution in [0.4, 0.5) is 10.5 Å². The Morgan fingerprint density at radius 3 is 2.38 bits per heavy atom. The zero-order chi connectivity index (χ0) is 16.8. The van der Waals surface area contributed by atoms with E-state index in [0.29, 0.717) is 11.4 Å². The molecule has 0 spiro atoms. The fraction of sp³-hybridized carbons (Fsp3) is 0.222. The number of aryl methyl sites for hydroxylation is 1. The van der Waals surface area contributed by atoms with Crippen molar-refractivity contribution < 1.29 is 9.59 Å². The summed E-state index contributed by atoms with van der Waals surface area (Å²) in [6.45, 7) is 1.98. The molecule has 2 fully saturated rings. The van der Waals surface area contributed by atoms with Crippen LogP contribution >= 0.6 is 27.7 Å². The van der Waals surface area contributed by atoms with E-state index < -0.39 is 0 Å². The van der Waals surface area contributed by atoms with Gasteiger partial charge in [-0.1, -0.05) is 45.8 Å². The van der Waals surface area contributed by atoms with E-state index in [9.17, 15) is 9.59 Å². The molecule has 122 valence electrons. The number of imide groups is 1. The molecule has 0 saturated carbocycles. The number of nitrogens with zero attached hydrogens (tertiary/aromatic N) is 2. The monoisotopic (exact) mass is 402 g/mol. The van der Waals surface area contributed by atoms with Gasteiger partial charge in [-0.25, -0.2) is 9.69 Å². The van der Waals surface area contributed by atoms with Gasteiger partial charge < -0.3 is 0 Å². The quantitative estimate of drug-likeness (QED) is 0.701. The normalized spacial score (nSPS) is 23.1. The molecular formula is C18H15BrN2O2S. The fourth-order valence-electron chi connectivity index (χ4n) is 3.10. The summed E-state index contributed by atoms with van der Waals surface area (Å²) in [6.07, 6.45) is 0. The Bertz CT molecular complexity index is 807. The lowest BCUT2D eigenvalue weighted by Gasteiger charge is -2.23. The Morgan fingerprint density at radius 1 is 1.04 bits per heavy atom. The molecule has 3 amide bonds. The number of rotatable bonds is 2. The van der Waals surface area contributed by atoms with Crippen LogP contribution < -0.4 is 4.90 Å². The average molecular weight is 403 g/mol. The lowest BCUT2D eigenvalue weighted by atomic mass is 10.2. The van der Waals surface area contributed by atoms with Crippen LogP contribution in [0.1, 0.15) is 16.5 Å². The number of benzene rings is 2. The van der Waals surface area contributed by atoms with Gasteiger partial charge in [0.25, 0.3) is 5.91 Å². The first-order valence-electron chi connectivity index (χ1n) is 7.66. The number of fused-ring (bicyclic) bond motifs is 1. The molecule has 2 saturated heterocycles. The number of hydrogen-bond donors (Lipinski definition) is 0. The van der Waals surface area contributed by atoms with Crippen molar-refractivity contribution in [2.75, 3.05) is 10.7 Å². The number of amides is 3. The lowest BCUT2D eigenvalue weighted by Crippen LogP contribution is -2.33. The van der Waals surface area contributed by atoms with E-state index in [1.807, 2.05) is 55.5 Å². The van der Waals surface area contributed by atoms with Crippen molar-refractivity contribution in [3.8, 4) is 0 Å². The van der Waals surface area contributed by atoms with Crippen molar-refractivity contribution in [3.05, 3.63) is 64.1 Å². The summed E-state index contributed by atoms with van der Waals surface area (Å²) in [5.74, 6) is 0.504.